The predicted molar refractivity (Wildman–Crippen MR) is 78.6 cm³/mol. The Morgan fingerprint density at radius 3 is 2.50 bits per heavy atom. The molecule has 0 radical (unpaired) electrons. The van der Waals surface area contributed by atoms with Gasteiger partial charge in [0.1, 0.15) is 0 Å². The average molecular weight is 344 g/mol. The van der Waals surface area contributed by atoms with Crippen LogP contribution < -0.4 is 0 Å². The van der Waals surface area contributed by atoms with Crippen LogP contribution in [0.15, 0.2) is 46.9 Å². The highest BCUT2D eigenvalue weighted by Gasteiger charge is 2.13. The number of carbonyl (C=O) groups excluding carboxylic acids is 1. The fraction of sp³-hybridized carbons (Fsp3) is 0.0714. The summed E-state index contributed by atoms with van der Waals surface area (Å²) in [7, 11) is 0. The highest BCUT2D eigenvalue weighted by molar-refractivity contribution is 9.10. The van der Waals surface area contributed by atoms with Crippen LogP contribution in [0.25, 0.3) is 0 Å². The Bertz CT molecular complexity index is 596. The van der Waals surface area contributed by atoms with E-state index in [0.717, 1.165) is 10.0 Å². The lowest BCUT2D eigenvalue weighted by atomic mass is 10.0. The molecule has 0 aliphatic rings. The van der Waals surface area contributed by atoms with Gasteiger partial charge in [-0.1, -0.05) is 57.3 Å². The van der Waals surface area contributed by atoms with Crippen molar-refractivity contribution >= 4 is 44.9 Å². The van der Waals surface area contributed by atoms with Crippen LogP contribution in [0, 0.1) is 0 Å². The minimum absolute atomic E-state index is 0.0469. The molecular formula is C14H9BrCl2O. The lowest BCUT2D eigenvalue weighted by Gasteiger charge is -2.06. The molecule has 0 bridgehead atoms. The molecule has 0 fully saturated rings. The van der Waals surface area contributed by atoms with Crippen molar-refractivity contribution in [3.8, 4) is 0 Å². The molecule has 0 atom stereocenters. The van der Waals surface area contributed by atoms with Crippen LogP contribution >= 0.6 is 39.1 Å². The van der Waals surface area contributed by atoms with Crippen molar-refractivity contribution in [3.63, 3.8) is 0 Å². The number of ketones is 1. The predicted octanol–water partition coefficient (Wildman–Crippen LogP) is 5.18. The van der Waals surface area contributed by atoms with Gasteiger partial charge in [-0.2, -0.15) is 0 Å². The zero-order valence-electron chi connectivity index (χ0n) is 9.29. The van der Waals surface area contributed by atoms with Crippen molar-refractivity contribution in [2.45, 2.75) is 6.42 Å². The van der Waals surface area contributed by atoms with Crippen LogP contribution in [0.1, 0.15) is 15.9 Å². The largest absolute Gasteiger partial charge is 0.294 e. The molecule has 0 aliphatic heterocycles. The molecule has 0 saturated carbocycles. The summed E-state index contributed by atoms with van der Waals surface area (Å²) < 4.78 is 0.828. The van der Waals surface area contributed by atoms with Crippen molar-refractivity contribution in [1.82, 2.24) is 0 Å². The van der Waals surface area contributed by atoms with E-state index < -0.39 is 0 Å². The number of rotatable bonds is 3. The summed E-state index contributed by atoms with van der Waals surface area (Å²) in [5, 5.41) is 1.05. The van der Waals surface area contributed by atoms with Gasteiger partial charge in [-0.25, -0.2) is 0 Å². The molecule has 0 spiro atoms. The van der Waals surface area contributed by atoms with Crippen molar-refractivity contribution in [1.29, 1.82) is 0 Å². The number of carbonyl (C=O) groups is 1. The second-order valence-corrected chi connectivity index (χ2v) is 5.55. The lowest BCUT2D eigenvalue weighted by Crippen LogP contribution is -2.04. The number of halogens is 3. The standard InChI is InChI=1S/C14H9BrCl2O/c15-10-5-6-13(17)11(8-10)14(18)7-9-3-1-2-4-12(9)16/h1-6,8H,7H2. The molecule has 0 aliphatic carbocycles. The minimum Gasteiger partial charge on any atom is -0.294 e. The summed E-state index contributed by atoms with van der Waals surface area (Å²) in [6, 6.07) is 12.5. The zero-order chi connectivity index (χ0) is 13.1. The van der Waals surface area contributed by atoms with E-state index >= 15 is 0 Å². The molecular weight excluding hydrogens is 335 g/mol. The smallest absolute Gasteiger partial charge is 0.168 e. The molecule has 0 saturated heterocycles. The quantitative estimate of drug-likeness (QED) is 0.701. The van der Waals surface area contributed by atoms with Gasteiger partial charge in [-0.05, 0) is 29.8 Å². The number of Topliss-reactive ketones (excluding diaryl/α,β-unsaturated/α-hetero) is 1. The van der Waals surface area contributed by atoms with E-state index in [0.29, 0.717) is 15.6 Å². The van der Waals surface area contributed by atoms with E-state index in [9.17, 15) is 4.79 Å². The number of hydrogen-bond acceptors (Lipinski definition) is 1. The summed E-state index contributed by atoms with van der Waals surface area (Å²) >= 11 is 15.4. The summed E-state index contributed by atoms with van der Waals surface area (Å²) in [6.45, 7) is 0. The zero-order valence-corrected chi connectivity index (χ0v) is 12.4. The highest BCUT2D eigenvalue weighted by atomic mass is 79.9. The first-order valence-electron chi connectivity index (χ1n) is 5.29. The maximum absolute atomic E-state index is 12.2. The van der Waals surface area contributed by atoms with Gasteiger partial charge in [-0.3, -0.25) is 4.79 Å². The fourth-order valence-electron chi connectivity index (χ4n) is 1.62. The normalized spacial score (nSPS) is 10.4. The first kappa shape index (κ1) is 13.6. The molecule has 2 aromatic rings. The fourth-order valence-corrected chi connectivity index (χ4v) is 2.41. The third kappa shape index (κ3) is 3.14. The summed E-state index contributed by atoms with van der Waals surface area (Å²) in [5.74, 6) is -0.0469. The van der Waals surface area contributed by atoms with Gasteiger partial charge in [0.2, 0.25) is 0 Å². The average Bonchev–Trinajstić information content (AvgIpc) is 2.35. The topological polar surface area (TPSA) is 17.1 Å². The van der Waals surface area contributed by atoms with Crippen LogP contribution in [0.5, 0.6) is 0 Å². The summed E-state index contributed by atoms with van der Waals surface area (Å²) in [4.78, 5) is 12.2. The van der Waals surface area contributed by atoms with Gasteiger partial charge in [-0.15, -0.1) is 0 Å². The van der Waals surface area contributed by atoms with E-state index in [2.05, 4.69) is 15.9 Å². The number of hydrogen-bond donors (Lipinski definition) is 0. The Morgan fingerprint density at radius 2 is 1.78 bits per heavy atom. The molecule has 2 aromatic carbocycles. The van der Waals surface area contributed by atoms with Gasteiger partial charge in [0.15, 0.2) is 5.78 Å². The molecule has 0 aromatic heterocycles. The maximum atomic E-state index is 12.2. The van der Waals surface area contributed by atoms with Gasteiger partial charge >= 0.3 is 0 Å². The van der Waals surface area contributed by atoms with E-state index in [1.165, 1.54) is 0 Å². The van der Waals surface area contributed by atoms with Gasteiger partial charge in [0.05, 0.1) is 5.02 Å². The highest BCUT2D eigenvalue weighted by Crippen LogP contribution is 2.24. The van der Waals surface area contributed by atoms with Crippen molar-refractivity contribution in [3.05, 3.63) is 68.1 Å². The van der Waals surface area contributed by atoms with E-state index in [1.807, 2.05) is 18.2 Å². The molecule has 0 N–H and O–H groups in total. The Morgan fingerprint density at radius 1 is 1.06 bits per heavy atom. The Hall–Kier alpha value is -0.830. The Kier molecular flexibility index (Phi) is 4.44. The molecule has 1 nitrogen and oxygen atoms in total. The molecule has 0 unspecified atom stereocenters. The maximum Gasteiger partial charge on any atom is 0.168 e. The third-order valence-corrected chi connectivity index (χ3v) is 3.73. The first-order chi connectivity index (χ1) is 8.58. The van der Waals surface area contributed by atoms with Crippen molar-refractivity contribution in [2.24, 2.45) is 0 Å². The van der Waals surface area contributed by atoms with Crippen LogP contribution in [0.2, 0.25) is 10.0 Å². The molecule has 18 heavy (non-hydrogen) atoms. The van der Waals surface area contributed by atoms with E-state index in [1.54, 1.807) is 24.3 Å². The minimum atomic E-state index is -0.0469. The van der Waals surface area contributed by atoms with Crippen LogP contribution in [0.3, 0.4) is 0 Å². The van der Waals surface area contributed by atoms with Crippen LogP contribution in [0.4, 0.5) is 0 Å². The van der Waals surface area contributed by atoms with Gasteiger partial charge in [0, 0.05) is 21.5 Å². The van der Waals surface area contributed by atoms with Crippen molar-refractivity contribution < 1.29 is 4.79 Å². The molecule has 0 amide bonds. The second-order valence-electron chi connectivity index (χ2n) is 3.82. The van der Waals surface area contributed by atoms with Crippen LogP contribution in [-0.2, 0) is 6.42 Å². The Labute approximate surface area is 124 Å². The molecule has 0 heterocycles. The summed E-state index contributed by atoms with van der Waals surface area (Å²) in [5.41, 5.74) is 1.31. The van der Waals surface area contributed by atoms with Gasteiger partial charge in [0.25, 0.3) is 0 Å². The number of benzene rings is 2. The first-order valence-corrected chi connectivity index (χ1v) is 6.84. The Balaban J connectivity index is 2.28. The SMILES string of the molecule is O=C(Cc1ccccc1Cl)c1cc(Br)ccc1Cl. The van der Waals surface area contributed by atoms with E-state index in [-0.39, 0.29) is 12.2 Å². The molecule has 4 heteroatoms. The monoisotopic (exact) mass is 342 g/mol. The van der Waals surface area contributed by atoms with Gasteiger partial charge < -0.3 is 0 Å². The molecule has 92 valence electrons. The third-order valence-electron chi connectivity index (χ3n) is 2.54. The molecule has 2 rings (SSSR count). The lowest BCUT2D eigenvalue weighted by molar-refractivity contribution is 0.0993. The van der Waals surface area contributed by atoms with Crippen molar-refractivity contribution in [2.75, 3.05) is 0 Å². The second kappa shape index (κ2) is 5.87. The van der Waals surface area contributed by atoms with E-state index in [4.69, 9.17) is 23.2 Å². The van der Waals surface area contributed by atoms with Crippen LogP contribution in [-0.4, -0.2) is 5.78 Å². The summed E-state index contributed by atoms with van der Waals surface area (Å²) in [6.07, 6.45) is 0.246.